The third-order valence-electron chi connectivity index (χ3n) is 2.17. The van der Waals surface area contributed by atoms with Crippen LogP contribution in [-0.4, -0.2) is 11.1 Å². The first-order valence-corrected chi connectivity index (χ1v) is 4.69. The molecule has 0 aromatic heterocycles. The molecule has 88 valence electrons. The molecule has 1 N–H and O–H groups in total. The lowest BCUT2D eigenvalue weighted by atomic mass is 10.00. The molecule has 1 rings (SSSR count). The summed E-state index contributed by atoms with van der Waals surface area (Å²) in [6.07, 6.45) is -4.83. The second kappa shape index (κ2) is 4.55. The van der Waals surface area contributed by atoms with Crippen molar-refractivity contribution in [2.24, 2.45) is 0 Å². The van der Waals surface area contributed by atoms with Crippen LogP contribution in [0.2, 0.25) is 0 Å². The van der Waals surface area contributed by atoms with Gasteiger partial charge in [0.15, 0.2) is 0 Å². The maximum Gasteiger partial charge on any atom is 0.416 e. The molecule has 0 unspecified atom stereocenters. The number of benzene rings is 1. The molecule has 1 aromatic carbocycles. The van der Waals surface area contributed by atoms with Gasteiger partial charge in [0.2, 0.25) is 0 Å². The molecule has 0 bridgehead atoms. The van der Waals surface area contributed by atoms with E-state index in [1.54, 1.807) is 6.92 Å². The van der Waals surface area contributed by atoms with Crippen LogP contribution in [0.1, 0.15) is 23.1 Å². The van der Waals surface area contributed by atoms with E-state index in [1.165, 1.54) is 12.1 Å². The lowest BCUT2D eigenvalue weighted by Gasteiger charge is -2.12. The summed E-state index contributed by atoms with van der Waals surface area (Å²) in [6, 6.07) is 3.74. The smallest absolute Gasteiger partial charge is 0.416 e. The Labute approximate surface area is 90.7 Å². The fourth-order valence-corrected chi connectivity index (χ4v) is 1.45. The van der Waals surface area contributed by atoms with Gasteiger partial charge in [0, 0.05) is 6.42 Å². The van der Waals surface area contributed by atoms with Crippen molar-refractivity contribution in [3.63, 3.8) is 0 Å². The lowest BCUT2D eigenvalue weighted by Crippen LogP contribution is -2.10. The number of rotatable bonds is 3. The molecule has 0 spiro atoms. The zero-order valence-corrected chi connectivity index (χ0v) is 8.64. The second-order valence-electron chi connectivity index (χ2n) is 3.55. The van der Waals surface area contributed by atoms with E-state index in [1.807, 2.05) is 0 Å². The fraction of sp³-hybridized carbons (Fsp3) is 0.364. The van der Waals surface area contributed by atoms with Crippen LogP contribution in [0.3, 0.4) is 0 Å². The van der Waals surface area contributed by atoms with E-state index < -0.39 is 17.7 Å². The topological polar surface area (TPSA) is 37.3 Å². The number of carboxylic acid groups (broad SMARTS) is 1. The number of hydrogen-bond acceptors (Lipinski definition) is 1. The van der Waals surface area contributed by atoms with Crippen LogP contribution in [-0.2, 0) is 17.4 Å². The van der Waals surface area contributed by atoms with Gasteiger partial charge < -0.3 is 5.11 Å². The molecule has 2 nitrogen and oxygen atoms in total. The van der Waals surface area contributed by atoms with E-state index in [2.05, 4.69) is 0 Å². The molecule has 5 heteroatoms. The number of alkyl halides is 3. The van der Waals surface area contributed by atoms with Crippen molar-refractivity contribution in [1.29, 1.82) is 0 Å². The Balaban J connectivity index is 3.04. The number of aliphatic carboxylic acids is 1. The SMILES string of the molecule is Cc1ccc(C(F)(F)F)c(CCC(=O)O)c1. The van der Waals surface area contributed by atoms with Crippen molar-refractivity contribution < 1.29 is 23.1 Å². The third-order valence-corrected chi connectivity index (χ3v) is 2.17. The molecule has 0 atom stereocenters. The Kier molecular flexibility index (Phi) is 3.57. The van der Waals surface area contributed by atoms with Crippen LogP contribution in [0.5, 0.6) is 0 Å². The Hall–Kier alpha value is -1.52. The van der Waals surface area contributed by atoms with Gasteiger partial charge in [-0.2, -0.15) is 13.2 Å². The Bertz CT molecular complexity index is 397. The number of carboxylic acids is 1. The maximum atomic E-state index is 12.6. The number of halogens is 3. The number of aryl methyl sites for hydroxylation is 2. The Morgan fingerprint density at radius 2 is 2.00 bits per heavy atom. The van der Waals surface area contributed by atoms with E-state index >= 15 is 0 Å². The molecule has 16 heavy (non-hydrogen) atoms. The van der Waals surface area contributed by atoms with Crippen molar-refractivity contribution in [1.82, 2.24) is 0 Å². The summed E-state index contributed by atoms with van der Waals surface area (Å²) in [6.45, 7) is 1.67. The highest BCUT2D eigenvalue weighted by Gasteiger charge is 2.32. The van der Waals surface area contributed by atoms with Gasteiger partial charge in [0.1, 0.15) is 0 Å². The Morgan fingerprint density at radius 3 is 2.50 bits per heavy atom. The van der Waals surface area contributed by atoms with Crippen LogP contribution >= 0.6 is 0 Å². The molecule has 0 aliphatic rings. The summed E-state index contributed by atoms with van der Waals surface area (Å²) < 4.78 is 37.7. The van der Waals surface area contributed by atoms with Gasteiger partial charge in [-0.3, -0.25) is 4.79 Å². The molecule has 0 heterocycles. The van der Waals surface area contributed by atoms with Crippen LogP contribution in [0, 0.1) is 6.92 Å². The first-order valence-electron chi connectivity index (χ1n) is 4.69. The molecule has 0 radical (unpaired) electrons. The van der Waals surface area contributed by atoms with Crippen molar-refractivity contribution in [3.8, 4) is 0 Å². The predicted molar refractivity (Wildman–Crippen MR) is 52.1 cm³/mol. The normalized spacial score (nSPS) is 11.5. The largest absolute Gasteiger partial charge is 0.481 e. The van der Waals surface area contributed by atoms with E-state index in [0.717, 1.165) is 6.07 Å². The molecule has 0 amide bonds. The molecule has 0 saturated carbocycles. The minimum absolute atomic E-state index is 0.0369. The number of hydrogen-bond donors (Lipinski definition) is 1. The van der Waals surface area contributed by atoms with Gasteiger partial charge in [-0.1, -0.05) is 17.7 Å². The highest BCUT2D eigenvalue weighted by Crippen LogP contribution is 2.32. The van der Waals surface area contributed by atoms with Crippen molar-refractivity contribution in [2.75, 3.05) is 0 Å². The summed E-state index contributed by atoms with van der Waals surface area (Å²) in [7, 11) is 0. The first kappa shape index (κ1) is 12.5. The standard InChI is InChI=1S/C11H11F3O2/c1-7-2-4-9(11(12,13)14)8(6-7)3-5-10(15)16/h2,4,6H,3,5H2,1H3,(H,15,16). The summed E-state index contributed by atoms with van der Waals surface area (Å²) in [4.78, 5) is 10.3. The van der Waals surface area contributed by atoms with Gasteiger partial charge in [0.25, 0.3) is 0 Å². The molecule has 0 aliphatic carbocycles. The van der Waals surface area contributed by atoms with Crippen LogP contribution in [0.4, 0.5) is 13.2 Å². The van der Waals surface area contributed by atoms with Crippen molar-refractivity contribution >= 4 is 5.97 Å². The molecule has 0 aliphatic heterocycles. The lowest BCUT2D eigenvalue weighted by molar-refractivity contribution is -0.140. The van der Waals surface area contributed by atoms with E-state index in [4.69, 9.17) is 5.11 Å². The summed E-state index contributed by atoms with van der Waals surface area (Å²) in [5.74, 6) is -1.10. The quantitative estimate of drug-likeness (QED) is 0.869. The predicted octanol–water partition coefficient (Wildman–Crippen LogP) is 3.03. The average Bonchev–Trinajstić information content (AvgIpc) is 2.12. The molecular formula is C11H11F3O2. The molecular weight excluding hydrogens is 221 g/mol. The summed E-state index contributed by atoms with van der Waals surface area (Å²) in [5, 5.41) is 8.46. The Morgan fingerprint density at radius 1 is 1.38 bits per heavy atom. The fourth-order valence-electron chi connectivity index (χ4n) is 1.45. The molecule has 0 fully saturated rings. The van der Waals surface area contributed by atoms with Crippen LogP contribution in [0.25, 0.3) is 0 Å². The minimum atomic E-state index is -4.43. The van der Waals surface area contributed by atoms with Crippen LogP contribution < -0.4 is 0 Å². The molecule has 0 saturated heterocycles. The summed E-state index contributed by atoms with van der Waals surface area (Å²) in [5.41, 5.74) is -0.0253. The van der Waals surface area contributed by atoms with E-state index in [-0.39, 0.29) is 18.4 Å². The van der Waals surface area contributed by atoms with Crippen LogP contribution in [0.15, 0.2) is 18.2 Å². The van der Waals surface area contributed by atoms with E-state index in [0.29, 0.717) is 5.56 Å². The third kappa shape index (κ3) is 3.25. The monoisotopic (exact) mass is 232 g/mol. The van der Waals surface area contributed by atoms with Crippen molar-refractivity contribution in [3.05, 3.63) is 34.9 Å². The number of carbonyl (C=O) groups is 1. The van der Waals surface area contributed by atoms with Gasteiger partial charge in [-0.05, 0) is 25.0 Å². The van der Waals surface area contributed by atoms with Crippen molar-refractivity contribution in [2.45, 2.75) is 25.9 Å². The van der Waals surface area contributed by atoms with Gasteiger partial charge in [-0.25, -0.2) is 0 Å². The first-order chi connectivity index (χ1) is 7.30. The van der Waals surface area contributed by atoms with Gasteiger partial charge in [-0.15, -0.1) is 0 Å². The minimum Gasteiger partial charge on any atom is -0.481 e. The molecule has 1 aromatic rings. The van der Waals surface area contributed by atoms with E-state index in [9.17, 15) is 18.0 Å². The maximum absolute atomic E-state index is 12.6. The average molecular weight is 232 g/mol. The highest BCUT2D eigenvalue weighted by molar-refractivity contribution is 5.67. The zero-order chi connectivity index (χ0) is 12.3. The summed E-state index contributed by atoms with van der Waals surface area (Å²) >= 11 is 0. The zero-order valence-electron chi connectivity index (χ0n) is 8.64. The van der Waals surface area contributed by atoms with Gasteiger partial charge >= 0.3 is 12.1 Å². The second-order valence-corrected chi connectivity index (χ2v) is 3.55. The van der Waals surface area contributed by atoms with Gasteiger partial charge in [0.05, 0.1) is 5.56 Å². The highest BCUT2D eigenvalue weighted by atomic mass is 19.4.